The summed E-state index contributed by atoms with van der Waals surface area (Å²) in [5, 5.41) is 3.37. The van der Waals surface area contributed by atoms with E-state index in [1.165, 1.54) is 11.8 Å². The zero-order valence-corrected chi connectivity index (χ0v) is 19.8. The molecule has 1 aromatic heterocycles. The Balaban J connectivity index is 1.32. The van der Waals surface area contributed by atoms with Crippen molar-refractivity contribution in [2.75, 3.05) is 13.1 Å². The number of hydrogen-bond donors (Lipinski definition) is 0. The summed E-state index contributed by atoms with van der Waals surface area (Å²) in [5.74, 6) is 0.925. The number of nitrogens with zero attached hydrogens (tertiary/aromatic N) is 2. The number of fused-ring (bicyclic) bond motifs is 5. The van der Waals surface area contributed by atoms with Crippen LogP contribution in [-0.2, 0) is 16.0 Å². The van der Waals surface area contributed by atoms with E-state index >= 15 is 0 Å². The van der Waals surface area contributed by atoms with Crippen molar-refractivity contribution in [3.63, 3.8) is 0 Å². The van der Waals surface area contributed by atoms with Gasteiger partial charge in [-0.2, -0.15) is 0 Å². The van der Waals surface area contributed by atoms with Crippen LogP contribution in [0.4, 0.5) is 0 Å². The number of ether oxygens (including phenoxy) is 1. The summed E-state index contributed by atoms with van der Waals surface area (Å²) < 4.78 is 6.39. The van der Waals surface area contributed by atoms with Gasteiger partial charge in [0.1, 0.15) is 6.10 Å². The normalized spacial score (nSPS) is 24.3. The predicted octanol–water partition coefficient (Wildman–Crippen LogP) is 6.11. The van der Waals surface area contributed by atoms with Crippen LogP contribution in [0.3, 0.4) is 0 Å². The molecule has 7 rings (SSSR count). The summed E-state index contributed by atoms with van der Waals surface area (Å²) >= 11 is 0. The van der Waals surface area contributed by atoms with Crippen molar-refractivity contribution in [3.8, 4) is 0 Å². The van der Waals surface area contributed by atoms with Crippen LogP contribution in [0.5, 0.6) is 0 Å². The highest BCUT2D eigenvalue weighted by molar-refractivity contribution is 5.85. The summed E-state index contributed by atoms with van der Waals surface area (Å²) in [7, 11) is 0. The molecular weight excluding hydrogens is 432 g/mol. The van der Waals surface area contributed by atoms with Gasteiger partial charge >= 0.3 is 5.97 Å². The van der Waals surface area contributed by atoms with Crippen molar-refractivity contribution < 1.29 is 9.53 Å². The molecule has 3 fully saturated rings. The van der Waals surface area contributed by atoms with Gasteiger partial charge in [0.15, 0.2) is 0 Å². The number of pyridine rings is 1. The molecule has 4 nitrogen and oxygen atoms in total. The molecule has 0 N–H and O–H groups in total. The van der Waals surface area contributed by atoms with Gasteiger partial charge in [-0.25, -0.2) is 0 Å². The maximum atomic E-state index is 13.4. The molecule has 1 unspecified atom stereocenters. The van der Waals surface area contributed by atoms with Crippen LogP contribution in [0.1, 0.15) is 30.1 Å². The van der Waals surface area contributed by atoms with Crippen LogP contribution in [0.15, 0.2) is 91.6 Å². The summed E-state index contributed by atoms with van der Waals surface area (Å²) in [6.45, 7) is 6.10. The Morgan fingerprint density at radius 2 is 1.91 bits per heavy atom. The van der Waals surface area contributed by atoms with E-state index in [1.54, 1.807) is 0 Å². The first-order valence-electron chi connectivity index (χ1n) is 12.6. The van der Waals surface area contributed by atoms with Crippen LogP contribution >= 0.6 is 0 Å². The largest absolute Gasteiger partial charge is 0.456 e. The van der Waals surface area contributed by atoms with E-state index in [4.69, 9.17) is 4.74 Å². The smallest absolute Gasteiger partial charge is 0.310 e. The van der Waals surface area contributed by atoms with Gasteiger partial charge in [-0.05, 0) is 59.7 Å². The van der Waals surface area contributed by atoms with Crippen molar-refractivity contribution in [1.82, 2.24) is 9.88 Å². The second kappa shape index (κ2) is 9.27. The molecule has 3 aromatic carbocycles. The van der Waals surface area contributed by atoms with Crippen molar-refractivity contribution in [2.45, 2.75) is 31.4 Å². The van der Waals surface area contributed by atoms with Gasteiger partial charge in [-0.15, -0.1) is 6.58 Å². The number of aromatic nitrogens is 1. The molecule has 0 spiro atoms. The molecule has 176 valence electrons. The first kappa shape index (κ1) is 22.0. The van der Waals surface area contributed by atoms with E-state index < -0.39 is 0 Å². The highest BCUT2D eigenvalue weighted by atomic mass is 16.5. The molecule has 4 heteroatoms. The van der Waals surface area contributed by atoms with Crippen LogP contribution in [0, 0.1) is 11.8 Å². The number of carbonyl (C=O) groups excluding carboxylic acids is 1. The van der Waals surface area contributed by atoms with Crippen molar-refractivity contribution in [2.24, 2.45) is 11.8 Å². The standard InChI is InChI=1S/C31H30N2O2/c1-2-22-20-33-16-14-25(22)19-29(33)31(27-13-15-32-28-10-6-5-9-26(27)28)35-30(34)18-21-11-12-23-7-3-4-8-24(23)17-21/h2-13,15,17,22,25,29,31H,1,14,16,18-20H2/t22-,25+,29+,31-/m0/s1. The number of hydrogen-bond acceptors (Lipinski definition) is 4. The van der Waals surface area contributed by atoms with Crippen molar-refractivity contribution in [1.29, 1.82) is 0 Å². The molecule has 0 radical (unpaired) electrons. The summed E-state index contributed by atoms with van der Waals surface area (Å²) in [4.78, 5) is 20.4. The fourth-order valence-electron chi connectivity index (χ4n) is 6.11. The maximum Gasteiger partial charge on any atom is 0.310 e. The highest BCUT2D eigenvalue weighted by Gasteiger charge is 2.44. The van der Waals surface area contributed by atoms with Crippen molar-refractivity contribution >= 4 is 27.6 Å². The third-order valence-electron chi connectivity index (χ3n) is 7.91. The van der Waals surface area contributed by atoms with Gasteiger partial charge in [0, 0.05) is 23.7 Å². The Labute approximate surface area is 206 Å². The second-order valence-corrected chi connectivity index (χ2v) is 9.93. The molecule has 2 bridgehead atoms. The lowest BCUT2D eigenvalue weighted by Gasteiger charge is -2.51. The van der Waals surface area contributed by atoms with Crippen LogP contribution < -0.4 is 0 Å². The van der Waals surface area contributed by atoms with Gasteiger partial charge < -0.3 is 4.74 Å². The Bertz CT molecular complexity index is 1390. The molecule has 3 saturated heterocycles. The number of carbonyl (C=O) groups is 1. The summed E-state index contributed by atoms with van der Waals surface area (Å²) in [6, 6.07) is 24.8. The van der Waals surface area contributed by atoms with E-state index in [2.05, 4.69) is 52.9 Å². The Kier molecular flexibility index (Phi) is 5.83. The molecule has 4 aromatic rings. The monoisotopic (exact) mass is 462 g/mol. The van der Waals surface area contributed by atoms with Crippen molar-refractivity contribution in [3.05, 3.63) is 103 Å². The molecule has 0 aliphatic carbocycles. The lowest BCUT2D eigenvalue weighted by atomic mass is 9.73. The molecule has 3 aliphatic heterocycles. The average molecular weight is 463 g/mol. The number of piperidine rings is 3. The number of para-hydroxylation sites is 1. The van der Waals surface area contributed by atoms with Crippen LogP contribution in [0.25, 0.3) is 21.7 Å². The minimum absolute atomic E-state index is 0.163. The fourth-order valence-corrected chi connectivity index (χ4v) is 6.11. The molecule has 5 atom stereocenters. The zero-order valence-electron chi connectivity index (χ0n) is 19.8. The van der Waals surface area contributed by atoms with Gasteiger partial charge in [0.2, 0.25) is 0 Å². The third-order valence-corrected chi connectivity index (χ3v) is 7.91. The first-order valence-corrected chi connectivity index (χ1v) is 12.6. The summed E-state index contributed by atoms with van der Waals surface area (Å²) in [5.41, 5.74) is 2.96. The highest BCUT2D eigenvalue weighted by Crippen LogP contribution is 2.43. The lowest BCUT2D eigenvalue weighted by Crippen LogP contribution is -2.55. The first-order chi connectivity index (χ1) is 17.2. The third kappa shape index (κ3) is 4.23. The van der Waals surface area contributed by atoms with Gasteiger partial charge in [0.25, 0.3) is 0 Å². The topological polar surface area (TPSA) is 42.4 Å². The van der Waals surface area contributed by atoms with Crippen LogP contribution in [-0.4, -0.2) is 35.0 Å². The Morgan fingerprint density at radius 1 is 1.09 bits per heavy atom. The SMILES string of the molecule is C=C[C@H]1CN2CC[C@@H]1C[C@@H]2[C@@H](OC(=O)Cc1ccc2ccccc2c1)c1ccnc2ccccc12. The van der Waals surface area contributed by atoms with E-state index in [0.29, 0.717) is 11.8 Å². The van der Waals surface area contributed by atoms with Gasteiger partial charge in [-0.3, -0.25) is 14.7 Å². The van der Waals surface area contributed by atoms with E-state index in [0.717, 1.165) is 46.9 Å². The van der Waals surface area contributed by atoms with E-state index in [9.17, 15) is 4.79 Å². The predicted molar refractivity (Wildman–Crippen MR) is 140 cm³/mol. The molecular formula is C31H30N2O2. The number of esters is 1. The average Bonchev–Trinajstić information content (AvgIpc) is 2.91. The molecule has 0 amide bonds. The Hall–Kier alpha value is -3.50. The summed E-state index contributed by atoms with van der Waals surface area (Å²) in [6.07, 6.45) is 6.07. The van der Waals surface area contributed by atoms with Gasteiger partial charge in [0.05, 0.1) is 18.0 Å². The second-order valence-electron chi connectivity index (χ2n) is 9.93. The fraction of sp³-hybridized carbons (Fsp3) is 0.290. The number of benzene rings is 3. The molecule has 0 saturated carbocycles. The molecule has 3 aliphatic rings. The number of rotatable bonds is 6. The van der Waals surface area contributed by atoms with E-state index in [1.807, 2.05) is 48.7 Å². The minimum Gasteiger partial charge on any atom is -0.456 e. The Morgan fingerprint density at radius 3 is 2.74 bits per heavy atom. The zero-order chi connectivity index (χ0) is 23.8. The quantitative estimate of drug-likeness (QED) is 0.256. The van der Waals surface area contributed by atoms with Gasteiger partial charge in [-0.1, -0.05) is 66.7 Å². The molecule has 4 heterocycles. The minimum atomic E-state index is -0.329. The maximum absolute atomic E-state index is 13.4. The van der Waals surface area contributed by atoms with Crippen LogP contribution in [0.2, 0.25) is 0 Å². The lowest BCUT2D eigenvalue weighted by molar-refractivity contribution is -0.156. The molecule has 35 heavy (non-hydrogen) atoms. The van der Waals surface area contributed by atoms with E-state index in [-0.39, 0.29) is 24.5 Å².